The summed E-state index contributed by atoms with van der Waals surface area (Å²) < 4.78 is 37.6. The maximum absolute atomic E-state index is 12.9. The standard InChI is InChI=1S/C24H26BN3O5S2/c1-28(19-6-4-3-5-7-19)35(30,31)20-11-9-18(10-12-20)26-24(34)27-23(29)17-8-13-22(21(25)16-17)33-15-14-32-2/h3-13,16H,14-15,25H2,1-2H3,(H2,26,27,29,34). The van der Waals surface area contributed by atoms with Crippen LogP contribution in [0.5, 0.6) is 5.75 Å². The van der Waals surface area contributed by atoms with Gasteiger partial charge in [0, 0.05) is 25.4 Å². The van der Waals surface area contributed by atoms with Crippen LogP contribution in [0.4, 0.5) is 11.4 Å². The van der Waals surface area contributed by atoms with E-state index in [0.29, 0.717) is 35.9 Å². The van der Waals surface area contributed by atoms with Crippen LogP contribution in [0, 0.1) is 0 Å². The highest BCUT2D eigenvalue weighted by Gasteiger charge is 2.21. The van der Waals surface area contributed by atoms with E-state index >= 15 is 0 Å². The van der Waals surface area contributed by atoms with Crippen molar-refractivity contribution in [3.8, 4) is 5.75 Å². The quantitative estimate of drug-likeness (QED) is 0.258. The summed E-state index contributed by atoms with van der Waals surface area (Å²) in [6, 6.07) is 20.0. The molecule has 3 aromatic rings. The SMILES string of the molecule is Bc1cc(C(=O)NC(=S)Nc2ccc(S(=O)(=O)N(C)c3ccccc3)cc2)ccc1OCCOC. The van der Waals surface area contributed by atoms with E-state index in [1.807, 2.05) is 13.9 Å². The predicted octanol–water partition coefficient (Wildman–Crippen LogP) is 1.92. The molecule has 3 aromatic carbocycles. The van der Waals surface area contributed by atoms with E-state index in [-0.39, 0.29) is 15.9 Å². The van der Waals surface area contributed by atoms with E-state index in [9.17, 15) is 13.2 Å². The molecule has 0 aromatic heterocycles. The van der Waals surface area contributed by atoms with Gasteiger partial charge >= 0.3 is 0 Å². The van der Waals surface area contributed by atoms with E-state index in [1.54, 1.807) is 61.7 Å². The Morgan fingerprint density at radius 1 is 1.03 bits per heavy atom. The molecule has 0 aliphatic heterocycles. The number of methoxy groups -OCH3 is 1. The number of amides is 1. The Hall–Kier alpha value is -3.41. The van der Waals surface area contributed by atoms with Crippen molar-refractivity contribution in [2.75, 3.05) is 37.0 Å². The van der Waals surface area contributed by atoms with Gasteiger partial charge in [-0.2, -0.15) is 0 Å². The summed E-state index contributed by atoms with van der Waals surface area (Å²) in [5.41, 5.74) is 2.33. The lowest BCUT2D eigenvalue weighted by Gasteiger charge is -2.19. The first-order chi connectivity index (χ1) is 16.7. The summed E-state index contributed by atoms with van der Waals surface area (Å²) in [5.74, 6) is 0.296. The number of carbonyl (C=O) groups excluding carboxylic acids is 1. The molecule has 0 aliphatic carbocycles. The molecular weight excluding hydrogens is 485 g/mol. The predicted molar refractivity (Wildman–Crippen MR) is 144 cm³/mol. The van der Waals surface area contributed by atoms with Crippen LogP contribution in [0.25, 0.3) is 0 Å². The molecular formula is C24H26BN3O5S2. The topological polar surface area (TPSA) is 97.0 Å². The Labute approximate surface area is 211 Å². The summed E-state index contributed by atoms with van der Waals surface area (Å²) in [7, 11) is 1.23. The van der Waals surface area contributed by atoms with Crippen molar-refractivity contribution in [2.24, 2.45) is 0 Å². The molecule has 11 heteroatoms. The lowest BCUT2D eigenvalue weighted by Crippen LogP contribution is -2.34. The molecule has 0 heterocycles. The average molecular weight is 511 g/mol. The Balaban J connectivity index is 1.60. The molecule has 0 atom stereocenters. The summed E-state index contributed by atoms with van der Waals surface area (Å²) in [4.78, 5) is 12.7. The van der Waals surface area contributed by atoms with Crippen molar-refractivity contribution >= 4 is 57.9 Å². The van der Waals surface area contributed by atoms with Crippen molar-refractivity contribution in [3.05, 3.63) is 78.4 Å². The Morgan fingerprint density at radius 2 is 1.71 bits per heavy atom. The maximum Gasteiger partial charge on any atom is 0.264 e. The minimum atomic E-state index is -3.72. The fourth-order valence-electron chi connectivity index (χ4n) is 3.17. The Bertz CT molecular complexity index is 1290. The number of anilines is 2. The zero-order chi connectivity index (χ0) is 25.4. The molecule has 2 N–H and O–H groups in total. The zero-order valence-electron chi connectivity index (χ0n) is 19.6. The van der Waals surface area contributed by atoms with Gasteiger partial charge in [0.05, 0.1) is 17.2 Å². The number of nitrogens with zero attached hydrogens (tertiary/aromatic N) is 1. The second kappa shape index (κ2) is 11.8. The average Bonchev–Trinajstić information content (AvgIpc) is 2.85. The minimum Gasteiger partial charge on any atom is -0.492 e. The molecule has 0 saturated carbocycles. The van der Waals surface area contributed by atoms with Gasteiger partial charge in [0.2, 0.25) is 0 Å². The number of hydrogen-bond acceptors (Lipinski definition) is 6. The van der Waals surface area contributed by atoms with Crippen LogP contribution in [0.1, 0.15) is 10.4 Å². The second-order valence-corrected chi connectivity index (χ2v) is 9.94. The molecule has 0 saturated heterocycles. The fourth-order valence-corrected chi connectivity index (χ4v) is 4.58. The molecule has 0 aliphatic rings. The largest absolute Gasteiger partial charge is 0.492 e. The summed E-state index contributed by atoms with van der Waals surface area (Å²) in [5, 5.41) is 5.61. The molecule has 0 radical (unpaired) electrons. The van der Waals surface area contributed by atoms with Crippen LogP contribution in [-0.4, -0.2) is 54.7 Å². The molecule has 182 valence electrons. The molecule has 8 nitrogen and oxygen atoms in total. The highest BCUT2D eigenvalue weighted by Crippen LogP contribution is 2.22. The van der Waals surface area contributed by atoms with E-state index in [1.165, 1.54) is 23.5 Å². The van der Waals surface area contributed by atoms with Gasteiger partial charge in [-0.15, -0.1) is 0 Å². The van der Waals surface area contributed by atoms with Crippen molar-refractivity contribution in [1.29, 1.82) is 0 Å². The van der Waals surface area contributed by atoms with Crippen LogP contribution in [0.2, 0.25) is 0 Å². The summed E-state index contributed by atoms with van der Waals surface area (Å²) >= 11 is 5.25. The van der Waals surface area contributed by atoms with Crippen LogP contribution < -0.4 is 25.1 Å². The van der Waals surface area contributed by atoms with E-state index in [2.05, 4.69) is 10.6 Å². The number of rotatable bonds is 9. The number of carbonyl (C=O) groups is 1. The first-order valence-electron chi connectivity index (χ1n) is 10.7. The molecule has 0 unspecified atom stereocenters. The van der Waals surface area contributed by atoms with Crippen molar-refractivity contribution in [1.82, 2.24) is 5.32 Å². The highest BCUT2D eigenvalue weighted by atomic mass is 32.2. The van der Waals surface area contributed by atoms with E-state index in [0.717, 1.165) is 5.46 Å². The number of thiocarbonyl (C=S) groups is 1. The van der Waals surface area contributed by atoms with Crippen molar-refractivity contribution in [3.63, 3.8) is 0 Å². The normalized spacial score (nSPS) is 10.9. The molecule has 0 spiro atoms. The van der Waals surface area contributed by atoms with Gasteiger partial charge in [0.15, 0.2) is 5.11 Å². The third-order valence-electron chi connectivity index (χ3n) is 5.10. The monoisotopic (exact) mass is 511 g/mol. The first-order valence-corrected chi connectivity index (χ1v) is 12.6. The lowest BCUT2D eigenvalue weighted by molar-refractivity contribution is 0.0977. The van der Waals surface area contributed by atoms with Gasteiger partial charge in [0.25, 0.3) is 15.9 Å². The molecule has 0 fully saturated rings. The minimum absolute atomic E-state index is 0.0880. The van der Waals surface area contributed by atoms with Gasteiger partial charge in [0.1, 0.15) is 20.2 Å². The van der Waals surface area contributed by atoms with Crippen LogP contribution in [-0.2, 0) is 14.8 Å². The van der Waals surface area contributed by atoms with Gasteiger partial charge in [-0.1, -0.05) is 24.3 Å². The number of ether oxygens (including phenoxy) is 2. The number of benzene rings is 3. The van der Waals surface area contributed by atoms with Gasteiger partial charge in [-0.3, -0.25) is 14.4 Å². The smallest absolute Gasteiger partial charge is 0.264 e. The summed E-state index contributed by atoms with van der Waals surface area (Å²) in [6.07, 6.45) is 0. The van der Waals surface area contributed by atoms with Crippen molar-refractivity contribution < 1.29 is 22.7 Å². The van der Waals surface area contributed by atoms with Crippen LogP contribution in [0.15, 0.2) is 77.7 Å². The van der Waals surface area contributed by atoms with Gasteiger partial charge < -0.3 is 14.8 Å². The third kappa shape index (κ3) is 6.81. The number of sulfonamides is 1. The second-order valence-electron chi connectivity index (χ2n) is 7.56. The summed E-state index contributed by atoms with van der Waals surface area (Å²) in [6.45, 7) is 0.887. The van der Waals surface area contributed by atoms with Crippen molar-refractivity contribution in [2.45, 2.75) is 4.90 Å². The number of nitrogens with one attached hydrogen (secondary N) is 2. The van der Waals surface area contributed by atoms with E-state index in [4.69, 9.17) is 21.7 Å². The van der Waals surface area contributed by atoms with Crippen LogP contribution in [0.3, 0.4) is 0 Å². The van der Waals surface area contributed by atoms with Crippen LogP contribution >= 0.6 is 12.2 Å². The fraction of sp³-hybridized carbons (Fsp3) is 0.167. The first kappa shape index (κ1) is 26.2. The lowest BCUT2D eigenvalue weighted by atomic mass is 9.93. The molecule has 35 heavy (non-hydrogen) atoms. The zero-order valence-corrected chi connectivity index (χ0v) is 21.3. The molecule has 3 rings (SSSR count). The third-order valence-corrected chi connectivity index (χ3v) is 7.10. The maximum atomic E-state index is 12.9. The van der Waals surface area contributed by atoms with E-state index < -0.39 is 10.0 Å². The van der Waals surface area contributed by atoms with Gasteiger partial charge in [-0.05, 0) is 66.2 Å². The Morgan fingerprint density at radius 3 is 2.34 bits per heavy atom. The number of para-hydroxylation sites is 1. The number of hydrogen-bond donors (Lipinski definition) is 2. The Kier molecular flexibility index (Phi) is 8.86. The molecule has 1 amide bonds. The highest BCUT2D eigenvalue weighted by molar-refractivity contribution is 7.92. The molecule has 0 bridgehead atoms. The van der Waals surface area contributed by atoms with Gasteiger partial charge in [-0.25, -0.2) is 8.42 Å².